The fourth-order valence-corrected chi connectivity index (χ4v) is 3.18. The van der Waals surface area contributed by atoms with Gasteiger partial charge in [-0.1, -0.05) is 31.4 Å². The number of nitrogens with zero attached hydrogens (tertiary/aromatic N) is 1. The monoisotopic (exact) mass is 269 g/mol. The number of nitrogens with one attached hydrogen (secondary N) is 2. The van der Waals surface area contributed by atoms with Crippen LogP contribution in [0.4, 0.5) is 5.69 Å². The quantitative estimate of drug-likeness (QED) is 0.860. The Morgan fingerprint density at radius 2 is 1.85 bits per heavy atom. The van der Waals surface area contributed by atoms with Gasteiger partial charge in [-0.3, -0.25) is 5.10 Å². The molecule has 1 aromatic heterocycles. The summed E-state index contributed by atoms with van der Waals surface area (Å²) in [5.74, 6) is 0.830. The molecule has 3 heteroatoms. The SMILES string of the molecule is CC(Nc1ccc(-c2ccn[nH]2)cc1)C1CCCCC1. The fraction of sp³-hybridized carbons (Fsp3) is 0.471. The van der Waals surface area contributed by atoms with E-state index in [0.717, 1.165) is 11.6 Å². The Hall–Kier alpha value is -1.77. The predicted molar refractivity (Wildman–Crippen MR) is 83.7 cm³/mol. The van der Waals surface area contributed by atoms with E-state index in [9.17, 15) is 0 Å². The zero-order valence-corrected chi connectivity index (χ0v) is 12.1. The van der Waals surface area contributed by atoms with E-state index in [0.29, 0.717) is 6.04 Å². The van der Waals surface area contributed by atoms with Crippen molar-refractivity contribution in [2.24, 2.45) is 5.92 Å². The number of rotatable bonds is 4. The van der Waals surface area contributed by atoms with E-state index in [1.54, 1.807) is 6.20 Å². The average Bonchev–Trinajstić information content (AvgIpc) is 3.03. The van der Waals surface area contributed by atoms with Crippen molar-refractivity contribution in [1.82, 2.24) is 10.2 Å². The van der Waals surface area contributed by atoms with Crippen molar-refractivity contribution >= 4 is 5.69 Å². The van der Waals surface area contributed by atoms with Gasteiger partial charge in [0.2, 0.25) is 0 Å². The molecule has 0 aliphatic heterocycles. The second-order valence-electron chi connectivity index (χ2n) is 5.88. The summed E-state index contributed by atoms with van der Waals surface area (Å²) in [4.78, 5) is 0. The Labute approximate surface area is 120 Å². The van der Waals surface area contributed by atoms with Crippen molar-refractivity contribution in [1.29, 1.82) is 0 Å². The number of anilines is 1. The Bertz CT molecular complexity index is 510. The molecule has 2 aromatic rings. The van der Waals surface area contributed by atoms with E-state index in [1.807, 2.05) is 6.07 Å². The summed E-state index contributed by atoms with van der Waals surface area (Å²) in [5.41, 5.74) is 3.46. The van der Waals surface area contributed by atoms with Gasteiger partial charge in [0.05, 0.1) is 5.69 Å². The van der Waals surface area contributed by atoms with Gasteiger partial charge in [0.25, 0.3) is 0 Å². The summed E-state index contributed by atoms with van der Waals surface area (Å²) in [5, 5.41) is 10.6. The van der Waals surface area contributed by atoms with E-state index in [-0.39, 0.29) is 0 Å². The van der Waals surface area contributed by atoms with Crippen LogP contribution in [-0.4, -0.2) is 16.2 Å². The van der Waals surface area contributed by atoms with Crippen molar-refractivity contribution in [2.45, 2.75) is 45.1 Å². The minimum Gasteiger partial charge on any atom is -0.382 e. The summed E-state index contributed by atoms with van der Waals surface area (Å²) in [6.07, 6.45) is 8.75. The fourth-order valence-electron chi connectivity index (χ4n) is 3.18. The predicted octanol–water partition coefficient (Wildman–Crippen LogP) is 4.46. The maximum Gasteiger partial charge on any atom is 0.0650 e. The molecule has 0 amide bonds. The highest BCUT2D eigenvalue weighted by molar-refractivity contribution is 5.62. The summed E-state index contributed by atoms with van der Waals surface area (Å²) >= 11 is 0. The molecule has 1 atom stereocenters. The largest absolute Gasteiger partial charge is 0.382 e. The van der Waals surface area contributed by atoms with Gasteiger partial charge in [0, 0.05) is 17.9 Å². The first-order valence-electron chi connectivity index (χ1n) is 7.69. The lowest BCUT2D eigenvalue weighted by Gasteiger charge is -2.29. The molecule has 106 valence electrons. The molecule has 0 spiro atoms. The number of hydrogen-bond donors (Lipinski definition) is 2. The molecule has 3 nitrogen and oxygen atoms in total. The molecule has 20 heavy (non-hydrogen) atoms. The minimum absolute atomic E-state index is 0.563. The first-order chi connectivity index (χ1) is 9.83. The summed E-state index contributed by atoms with van der Waals surface area (Å²) in [6, 6.07) is 11.2. The maximum atomic E-state index is 3.99. The van der Waals surface area contributed by atoms with Crippen LogP contribution >= 0.6 is 0 Å². The zero-order valence-electron chi connectivity index (χ0n) is 12.1. The average molecular weight is 269 g/mol. The molecule has 1 aliphatic carbocycles. The molecule has 3 rings (SSSR count). The van der Waals surface area contributed by atoms with Gasteiger partial charge >= 0.3 is 0 Å². The Balaban J connectivity index is 1.63. The third-order valence-corrected chi connectivity index (χ3v) is 4.45. The van der Waals surface area contributed by atoms with Gasteiger partial charge in [-0.05, 0) is 49.4 Å². The molecular formula is C17H23N3. The summed E-state index contributed by atoms with van der Waals surface area (Å²) < 4.78 is 0. The highest BCUT2D eigenvalue weighted by Crippen LogP contribution is 2.28. The van der Waals surface area contributed by atoms with E-state index in [1.165, 1.54) is 43.4 Å². The molecule has 1 unspecified atom stereocenters. The molecule has 2 N–H and O–H groups in total. The van der Waals surface area contributed by atoms with E-state index in [2.05, 4.69) is 46.7 Å². The second-order valence-corrected chi connectivity index (χ2v) is 5.88. The van der Waals surface area contributed by atoms with Crippen LogP contribution < -0.4 is 5.32 Å². The molecule has 0 bridgehead atoms. The van der Waals surface area contributed by atoms with E-state index >= 15 is 0 Å². The molecule has 0 radical (unpaired) electrons. The summed E-state index contributed by atoms with van der Waals surface area (Å²) in [6.45, 7) is 2.32. The molecule has 1 heterocycles. The van der Waals surface area contributed by atoms with Crippen LogP contribution in [0.5, 0.6) is 0 Å². The van der Waals surface area contributed by atoms with Gasteiger partial charge in [0.15, 0.2) is 0 Å². The van der Waals surface area contributed by atoms with Crippen LogP contribution in [-0.2, 0) is 0 Å². The van der Waals surface area contributed by atoms with Gasteiger partial charge < -0.3 is 5.32 Å². The normalized spacial score (nSPS) is 17.9. The molecule has 1 aliphatic rings. The lowest BCUT2D eigenvalue weighted by atomic mass is 9.84. The standard InChI is InChI=1S/C17H23N3/c1-13(14-5-3-2-4-6-14)19-16-9-7-15(8-10-16)17-11-12-18-20-17/h7-14,19H,2-6H2,1H3,(H,18,20). The van der Waals surface area contributed by atoms with Crippen molar-refractivity contribution < 1.29 is 0 Å². The van der Waals surface area contributed by atoms with Gasteiger partial charge in [0.1, 0.15) is 0 Å². The third kappa shape index (κ3) is 3.03. The van der Waals surface area contributed by atoms with Crippen molar-refractivity contribution in [3.63, 3.8) is 0 Å². The molecule has 1 saturated carbocycles. The molecule has 1 fully saturated rings. The van der Waals surface area contributed by atoms with Crippen LogP contribution in [0.1, 0.15) is 39.0 Å². The van der Waals surface area contributed by atoms with Crippen LogP contribution in [0, 0.1) is 5.92 Å². The van der Waals surface area contributed by atoms with Crippen molar-refractivity contribution in [3.8, 4) is 11.3 Å². The topological polar surface area (TPSA) is 40.7 Å². The van der Waals surface area contributed by atoms with Crippen molar-refractivity contribution in [2.75, 3.05) is 5.32 Å². The number of hydrogen-bond acceptors (Lipinski definition) is 2. The Kier molecular flexibility index (Phi) is 4.05. The molecule has 0 saturated heterocycles. The summed E-state index contributed by atoms with van der Waals surface area (Å²) in [7, 11) is 0. The first-order valence-corrected chi connectivity index (χ1v) is 7.69. The number of aromatic amines is 1. The Morgan fingerprint density at radius 1 is 1.10 bits per heavy atom. The van der Waals surface area contributed by atoms with Crippen molar-refractivity contribution in [3.05, 3.63) is 36.5 Å². The number of aromatic nitrogens is 2. The lowest BCUT2D eigenvalue weighted by Crippen LogP contribution is -2.27. The number of benzene rings is 1. The van der Waals surface area contributed by atoms with Crippen LogP contribution in [0.25, 0.3) is 11.3 Å². The van der Waals surface area contributed by atoms with Gasteiger partial charge in [-0.25, -0.2) is 0 Å². The minimum atomic E-state index is 0.563. The van der Waals surface area contributed by atoms with Crippen LogP contribution in [0.3, 0.4) is 0 Å². The van der Waals surface area contributed by atoms with E-state index < -0.39 is 0 Å². The smallest absolute Gasteiger partial charge is 0.0650 e. The number of H-pyrrole nitrogens is 1. The second kappa shape index (κ2) is 6.12. The van der Waals surface area contributed by atoms with Crippen LogP contribution in [0.2, 0.25) is 0 Å². The van der Waals surface area contributed by atoms with E-state index in [4.69, 9.17) is 0 Å². The lowest BCUT2D eigenvalue weighted by molar-refractivity contribution is 0.328. The van der Waals surface area contributed by atoms with Crippen LogP contribution in [0.15, 0.2) is 36.5 Å². The third-order valence-electron chi connectivity index (χ3n) is 4.45. The highest BCUT2D eigenvalue weighted by Gasteiger charge is 2.19. The maximum absolute atomic E-state index is 3.99. The Morgan fingerprint density at radius 3 is 2.50 bits per heavy atom. The zero-order chi connectivity index (χ0) is 13.8. The highest BCUT2D eigenvalue weighted by atomic mass is 15.1. The van der Waals surface area contributed by atoms with Gasteiger partial charge in [-0.2, -0.15) is 5.10 Å². The van der Waals surface area contributed by atoms with Gasteiger partial charge in [-0.15, -0.1) is 0 Å². The molecular weight excluding hydrogens is 246 g/mol. The first kappa shape index (κ1) is 13.2. The molecule has 1 aromatic carbocycles.